The highest BCUT2D eigenvalue weighted by molar-refractivity contribution is 7.89. The van der Waals surface area contributed by atoms with Gasteiger partial charge in [-0.15, -0.1) is 0 Å². The Morgan fingerprint density at radius 3 is 2.62 bits per heavy atom. The van der Waals surface area contributed by atoms with Gasteiger partial charge >= 0.3 is 0 Å². The van der Waals surface area contributed by atoms with Crippen molar-refractivity contribution in [1.29, 1.82) is 0 Å². The highest BCUT2D eigenvalue weighted by Gasteiger charge is 2.20. The van der Waals surface area contributed by atoms with Crippen LogP contribution in [-0.2, 0) is 16.6 Å². The lowest BCUT2D eigenvalue weighted by atomic mass is 10.3. The molecule has 1 N–H and O–H groups in total. The van der Waals surface area contributed by atoms with Gasteiger partial charge in [0.25, 0.3) is 0 Å². The molecule has 21 heavy (non-hydrogen) atoms. The molecule has 0 aliphatic carbocycles. The van der Waals surface area contributed by atoms with Crippen molar-refractivity contribution in [2.45, 2.75) is 39.7 Å². The number of aromatic nitrogens is 1. The molecular weight excluding hydrogens is 286 g/mol. The van der Waals surface area contributed by atoms with Gasteiger partial charge in [0.1, 0.15) is 0 Å². The second-order valence-corrected chi connectivity index (χ2v) is 7.11. The van der Waals surface area contributed by atoms with E-state index in [9.17, 15) is 8.42 Å². The van der Waals surface area contributed by atoms with Crippen LogP contribution in [0.4, 0.5) is 0 Å². The van der Waals surface area contributed by atoms with Crippen molar-refractivity contribution in [2.24, 2.45) is 0 Å². The molecule has 5 nitrogen and oxygen atoms in total. The van der Waals surface area contributed by atoms with Gasteiger partial charge in [-0.1, -0.05) is 19.9 Å². The second-order valence-electron chi connectivity index (χ2n) is 5.02. The van der Waals surface area contributed by atoms with E-state index in [1.54, 1.807) is 6.20 Å². The maximum atomic E-state index is 12.3. The molecule has 1 aromatic rings. The van der Waals surface area contributed by atoms with E-state index < -0.39 is 10.0 Å². The highest BCUT2D eigenvalue weighted by Crippen LogP contribution is 2.09. The minimum Gasteiger partial charge on any atom is -0.317 e. The minimum absolute atomic E-state index is 0.210. The molecule has 6 heteroatoms. The SMILES string of the molecule is CCCNCCCCS(=O)(=O)N(CC)Cc1ccccn1. The van der Waals surface area contributed by atoms with Gasteiger partial charge < -0.3 is 5.32 Å². The molecule has 0 unspecified atom stereocenters. The molecule has 120 valence electrons. The Hall–Kier alpha value is -0.980. The smallest absolute Gasteiger partial charge is 0.214 e. The zero-order valence-electron chi connectivity index (χ0n) is 13.1. The van der Waals surface area contributed by atoms with E-state index in [1.165, 1.54) is 4.31 Å². The first kappa shape index (κ1) is 18.1. The first-order valence-electron chi connectivity index (χ1n) is 7.68. The highest BCUT2D eigenvalue weighted by atomic mass is 32.2. The van der Waals surface area contributed by atoms with Crippen LogP contribution in [0.25, 0.3) is 0 Å². The summed E-state index contributed by atoms with van der Waals surface area (Å²) < 4.78 is 26.2. The molecule has 1 heterocycles. The summed E-state index contributed by atoms with van der Waals surface area (Å²) in [5, 5.41) is 3.29. The molecule has 1 rings (SSSR count). The molecule has 0 aliphatic rings. The summed E-state index contributed by atoms with van der Waals surface area (Å²) in [6, 6.07) is 5.56. The van der Waals surface area contributed by atoms with Crippen LogP contribution in [0.1, 0.15) is 38.8 Å². The van der Waals surface area contributed by atoms with Gasteiger partial charge in [-0.3, -0.25) is 4.98 Å². The maximum absolute atomic E-state index is 12.3. The van der Waals surface area contributed by atoms with Gasteiger partial charge in [0.05, 0.1) is 18.0 Å². The van der Waals surface area contributed by atoms with Crippen LogP contribution in [0.15, 0.2) is 24.4 Å². The number of nitrogens with zero attached hydrogens (tertiary/aromatic N) is 2. The number of hydrogen-bond acceptors (Lipinski definition) is 4. The van der Waals surface area contributed by atoms with Crippen LogP contribution in [-0.4, -0.2) is 43.1 Å². The van der Waals surface area contributed by atoms with E-state index in [1.807, 2.05) is 25.1 Å². The summed E-state index contributed by atoms with van der Waals surface area (Å²) in [6.45, 7) is 6.70. The van der Waals surface area contributed by atoms with E-state index in [-0.39, 0.29) is 5.75 Å². The number of sulfonamides is 1. The zero-order valence-corrected chi connectivity index (χ0v) is 13.9. The lowest BCUT2D eigenvalue weighted by molar-refractivity contribution is 0.417. The van der Waals surface area contributed by atoms with Crippen molar-refractivity contribution in [3.05, 3.63) is 30.1 Å². The van der Waals surface area contributed by atoms with Crippen LogP contribution in [0.5, 0.6) is 0 Å². The molecule has 0 spiro atoms. The van der Waals surface area contributed by atoms with Crippen molar-refractivity contribution in [3.8, 4) is 0 Å². The Kier molecular flexibility index (Phi) is 8.49. The molecule has 1 aromatic heterocycles. The van der Waals surface area contributed by atoms with E-state index >= 15 is 0 Å². The first-order valence-corrected chi connectivity index (χ1v) is 9.29. The Labute approximate surface area is 128 Å². The van der Waals surface area contributed by atoms with Crippen molar-refractivity contribution in [1.82, 2.24) is 14.6 Å². The largest absolute Gasteiger partial charge is 0.317 e. The van der Waals surface area contributed by atoms with E-state index in [2.05, 4.69) is 17.2 Å². The number of rotatable bonds is 11. The van der Waals surface area contributed by atoms with Crippen molar-refractivity contribution in [3.63, 3.8) is 0 Å². The molecule has 0 fully saturated rings. The summed E-state index contributed by atoms with van der Waals surface area (Å²) in [5.41, 5.74) is 0.785. The lowest BCUT2D eigenvalue weighted by Crippen LogP contribution is -2.33. The summed E-state index contributed by atoms with van der Waals surface area (Å²) in [5.74, 6) is 0.210. The fraction of sp³-hybridized carbons (Fsp3) is 0.667. The predicted molar refractivity (Wildman–Crippen MR) is 86.5 cm³/mol. The molecule has 0 aliphatic heterocycles. The fourth-order valence-electron chi connectivity index (χ4n) is 2.04. The van der Waals surface area contributed by atoms with Gasteiger partial charge in [0, 0.05) is 12.7 Å². The van der Waals surface area contributed by atoms with E-state index in [4.69, 9.17) is 0 Å². The number of pyridine rings is 1. The molecule has 0 atom stereocenters. The average molecular weight is 313 g/mol. The molecular formula is C15H27N3O2S. The maximum Gasteiger partial charge on any atom is 0.214 e. The van der Waals surface area contributed by atoms with Gasteiger partial charge in [0.2, 0.25) is 10.0 Å². The van der Waals surface area contributed by atoms with Crippen LogP contribution >= 0.6 is 0 Å². The van der Waals surface area contributed by atoms with Crippen LogP contribution in [0.2, 0.25) is 0 Å². The minimum atomic E-state index is -3.20. The van der Waals surface area contributed by atoms with Crippen molar-refractivity contribution in [2.75, 3.05) is 25.4 Å². The third-order valence-electron chi connectivity index (χ3n) is 3.24. The topological polar surface area (TPSA) is 62.3 Å². The quantitative estimate of drug-likeness (QED) is 0.635. The Morgan fingerprint density at radius 1 is 1.19 bits per heavy atom. The van der Waals surface area contributed by atoms with Crippen LogP contribution in [0.3, 0.4) is 0 Å². The predicted octanol–water partition coefficient (Wildman–Crippen LogP) is 2.01. The van der Waals surface area contributed by atoms with Gasteiger partial charge in [0.15, 0.2) is 0 Å². The fourth-order valence-corrected chi connectivity index (χ4v) is 3.59. The number of nitrogens with one attached hydrogen (secondary N) is 1. The van der Waals surface area contributed by atoms with E-state index in [0.717, 1.165) is 31.6 Å². The third kappa shape index (κ3) is 7.02. The molecule has 0 radical (unpaired) electrons. The summed E-state index contributed by atoms with van der Waals surface area (Å²) >= 11 is 0. The van der Waals surface area contributed by atoms with E-state index in [0.29, 0.717) is 19.5 Å². The molecule has 0 bridgehead atoms. The summed E-state index contributed by atoms with van der Waals surface area (Å²) in [6.07, 6.45) is 4.37. The molecule has 0 saturated carbocycles. The summed E-state index contributed by atoms with van der Waals surface area (Å²) in [4.78, 5) is 4.19. The Bertz CT molecular complexity index is 477. The van der Waals surface area contributed by atoms with Crippen LogP contribution in [0, 0.1) is 0 Å². The monoisotopic (exact) mass is 313 g/mol. The van der Waals surface area contributed by atoms with Crippen molar-refractivity contribution >= 4 is 10.0 Å². The van der Waals surface area contributed by atoms with Gasteiger partial charge in [-0.05, 0) is 44.5 Å². The molecule has 0 aromatic carbocycles. The lowest BCUT2D eigenvalue weighted by Gasteiger charge is -2.20. The molecule has 0 amide bonds. The third-order valence-corrected chi connectivity index (χ3v) is 5.22. The van der Waals surface area contributed by atoms with Crippen LogP contribution < -0.4 is 5.32 Å². The zero-order chi connectivity index (χ0) is 15.6. The average Bonchev–Trinajstić information content (AvgIpc) is 2.49. The van der Waals surface area contributed by atoms with Gasteiger partial charge in [-0.2, -0.15) is 4.31 Å². The van der Waals surface area contributed by atoms with Crippen molar-refractivity contribution < 1.29 is 8.42 Å². The van der Waals surface area contributed by atoms with Gasteiger partial charge in [-0.25, -0.2) is 8.42 Å². The molecule has 0 saturated heterocycles. The normalized spacial score (nSPS) is 12.0. The Balaban J connectivity index is 2.43. The Morgan fingerprint density at radius 2 is 2.00 bits per heavy atom. The number of unbranched alkanes of at least 4 members (excludes halogenated alkanes) is 1. The standard InChI is InChI=1S/C15H27N3O2S/c1-3-10-16-11-7-8-13-21(19,20)18(4-2)14-15-9-5-6-12-17-15/h5-6,9,12,16H,3-4,7-8,10-11,13-14H2,1-2H3. The number of hydrogen-bond donors (Lipinski definition) is 1. The first-order chi connectivity index (χ1) is 10.1. The summed E-state index contributed by atoms with van der Waals surface area (Å²) in [7, 11) is -3.20. The second kappa shape index (κ2) is 9.87.